The first-order valence-corrected chi connectivity index (χ1v) is 9.05. The van der Waals surface area contributed by atoms with Crippen LogP contribution in [0.2, 0.25) is 0 Å². The van der Waals surface area contributed by atoms with Crippen LogP contribution in [0.5, 0.6) is 0 Å². The number of carbonyl (C=O) groups excluding carboxylic acids is 1. The molecule has 0 aliphatic carbocycles. The van der Waals surface area contributed by atoms with E-state index in [9.17, 15) is 4.79 Å². The zero-order valence-corrected chi connectivity index (χ0v) is 15.4. The van der Waals surface area contributed by atoms with Gasteiger partial charge in [0.1, 0.15) is 0 Å². The Bertz CT molecular complexity index is 870. The number of anilines is 1. The molecule has 0 fully saturated rings. The van der Waals surface area contributed by atoms with Crippen LogP contribution in [-0.2, 0) is 4.79 Å². The monoisotopic (exact) mass is 398 g/mol. The molecule has 3 rings (SSSR count). The minimum atomic E-state index is -0.219. The molecule has 0 saturated carbocycles. The number of hydrogen-bond donors (Lipinski definition) is 1. The number of nitrogens with one attached hydrogen (secondary N) is 1. The van der Waals surface area contributed by atoms with Crippen molar-refractivity contribution in [2.24, 2.45) is 0 Å². The summed E-state index contributed by atoms with van der Waals surface area (Å²) in [5.41, 5.74) is 4.06. The topological polar surface area (TPSA) is 42.0 Å². The van der Waals surface area contributed by atoms with E-state index in [4.69, 9.17) is 0 Å². The van der Waals surface area contributed by atoms with Crippen LogP contribution in [-0.4, -0.2) is 10.9 Å². The van der Waals surface area contributed by atoms with Gasteiger partial charge in [0.2, 0.25) is 0 Å². The third-order valence-corrected chi connectivity index (χ3v) is 4.73. The fourth-order valence-corrected chi connectivity index (χ4v) is 3.18. The Hall–Kier alpha value is -2.24. The van der Waals surface area contributed by atoms with Crippen LogP contribution in [0, 0.1) is 6.92 Å². The van der Waals surface area contributed by atoms with Crippen molar-refractivity contribution in [2.45, 2.75) is 6.92 Å². The van der Waals surface area contributed by atoms with Crippen LogP contribution in [0.3, 0.4) is 0 Å². The molecule has 1 amide bonds. The zero-order valence-electron chi connectivity index (χ0n) is 13.0. The summed E-state index contributed by atoms with van der Waals surface area (Å²) in [6.07, 6.45) is 1.78. The highest BCUT2D eigenvalue weighted by Crippen LogP contribution is 2.26. The third-order valence-electron chi connectivity index (χ3n) is 3.38. The molecule has 1 N–H and O–H groups in total. The van der Waals surface area contributed by atoms with Crippen molar-refractivity contribution in [3.8, 4) is 11.3 Å². The molecular weight excluding hydrogens is 384 g/mol. The van der Waals surface area contributed by atoms with Gasteiger partial charge in [0.15, 0.2) is 5.13 Å². The summed E-state index contributed by atoms with van der Waals surface area (Å²) >= 11 is 4.73. The van der Waals surface area contributed by atoms with E-state index < -0.39 is 0 Å². The predicted molar refractivity (Wildman–Crippen MR) is 104 cm³/mol. The minimum absolute atomic E-state index is 0.219. The Morgan fingerprint density at radius 2 is 1.83 bits per heavy atom. The first-order valence-electron chi connectivity index (χ1n) is 7.38. The molecule has 5 heteroatoms. The van der Waals surface area contributed by atoms with Crippen molar-refractivity contribution in [3.05, 3.63) is 75.6 Å². The standard InChI is InChI=1S/C19H15BrN2OS/c1-13-7-9-15(10-8-13)17-12-24-19(21-17)22-18(23)16(20)11-14-5-3-2-4-6-14/h2-12H,1H3,(H,21,22,23). The Labute approximate surface area is 153 Å². The average molecular weight is 399 g/mol. The molecule has 1 heterocycles. The molecule has 120 valence electrons. The number of rotatable bonds is 4. The second-order valence-electron chi connectivity index (χ2n) is 5.26. The van der Waals surface area contributed by atoms with Crippen molar-refractivity contribution in [3.63, 3.8) is 0 Å². The summed E-state index contributed by atoms with van der Waals surface area (Å²) in [7, 11) is 0. The number of hydrogen-bond acceptors (Lipinski definition) is 3. The molecule has 0 saturated heterocycles. The summed E-state index contributed by atoms with van der Waals surface area (Å²) in [6, 6.07) is 17.8. The van der Waals surface area contributed by atoms with E-state index in [1.54, 1.807) is 6.08 Å². The van der Waals surface area contributed by atoms with Gasteiger partial charge in [0.05, 0.1) is 10.2 Å². The summed E-state index contributed by atoms with van der Waals surface area (Å²) in [5.74, 6) is -0.219. The highest BCUT2D eigenvalue weighted by Gasteiger charge is 2.10. The lowest BCUT2D eigenvalue weighted by molar-refractivity contribution is -0.112. The number of halogens is 1. The minimum Gasteiger partial charge on any atom is -0.297 e. The number of thiazole rings is 1. The second kappa shape index (κ2) is 7.55. The number of carbonyl (C=O) groups is 1. The molecule has 2 aromatic carbocycles. The molecule has 24 heavy (non-hydrogen) atoms. The number of aromatic nitrogens is 1. The number of nitrogens with zero attached hydrogens (tertiary/aromatic N) is 1. The fraction of sp³-hybridized carbons (Fsp3) is 0.0526. The van der Waals surface area contributed by atoms with Gasteiger partial charge < -0.3 is 0 Å². The van der Waals surface area contributed by atoms with Gasteiger partial charge in [-0.05, 0) is 34.5 Å². The lowest BCUT2D eigenvalue weighted by atomic mass is 10.1. The molecule has 0 bridgehead atoms. The number of benzene rings is 2. The van der Waals surface area contributed by atoms with Crippen LogP contribution in [0.15, 0.2) is 64.5 Å². The lowest BCUT2D eigenvalue weighted by Gasteiger charge is -2.01. The van der Waals surface area contributed by atoms with Crippen LogP contribution in [0.1, 0.15) is 11.1 Å². The maximum absolute atomic E-state index is 12.2. The van der Waals surface area contributed by atoms with Gasteiger partial charge in [-0.1, -0.05) is 60.2 Å². The molecule has 0 aliphatic rings. The van der Waals surface area contributed by atoms with Gasteiger partial charge in [-0.25, -0.2) is 4.98 Å². The van der Waals surface area contributed by atoms with Gasteiger partial charge in [-0.3, -0.25) is 10.1 Å². The van der Waals surface area contributed by atoms with Crippen LogP contribution < -0.4 is 5.32 Å². The Morgan fingerprint density at radius 3 is 2.54 bits per heavy atom. The lowest BCUT2D eigenvalue weighted by Crippen LogP contribution is -2.10. The maximum Gasteiger partial charge on any atom is 0.264 e. The van der Waals surface area contributed by atoms with Gasteiger partial charge in [-0.15, -0.1) is 11.3 Å². The Morgan fingerprint density at radius 1 is 1.12 bits per heavy atom. The summed E-state index contributed by atoms with van der Waals surface area (Å²) in [6.45, 7) is 2.05. The molecule has 3 nitrogen and oxygen atoms in total. The average Bonchev–Trinajstić information content (AvgIpc) is 3.05. The summed E-state index contributed by atoms with van der Waals surface area (Å²) < 4.78 is 0.459. The zero-order chi connectivity index (χ0) is 16.9. The molecular formula is C19H15BrN2OS. The quantitative estimate of drug-likeness (QED) is 0.590. The first kappa shape index (κ1) is 16.6. The largest absolute Gasteiger partial charge is 0.297 e. The SMILES string of the molecule is Cc1ccc(-c2csc(NC(=O)C(Br)=Cc3ccccc3)n2)cc1. The van der Waals surface area contributed by atoms with Crippen molar-refractivity contribution < 1.29 is 4.79 Å². The highest BCUT2D eigenvalue weighted by molar-refractivity contribution is 9.12. The van der Waals surface area contributed by atoms with Gasteiger partial charge >= 0.3 is 0 Å². The van der Waals surface area contributed by atoms with E-state index in [0.717, 1.165) is 16.8 Å². The van der Waals surface area contributed by atoms with Crippen molar-refractivity contribution in [2.75, 3.05) is 5.32 Å². The van der Waals surface area contributed by atoms with E-state index in [-0.39, 0.29) is 5.91 Å². The molecule has 3 aromatic rings. The highest BCUT2D eigenvalue weighted by atomic mass is 79.9. The molecule has 0 spiro atoms. The predicted octanol–water partition coefficient (Wildman–Crippen LogP) is 5.49. The normalized spacial score (nSPS) is 11.3. The molecule has 0 atom stereocenters. The summed E-state index contributed by atoms with van der Waals surface area (Å²) in [5, 5.41) is 5.33. The number of amides is 1. The third kappa shape index (κ3) is 4.19. The molecule has 0 aliphatic heterocycles. The maximum atomic E-state index is 12.2. The summed E-state index contributed by atoms with van der Waals surface area (Å²) in [4.78, 5) is 16.7. The smallest absolute Gasteiger partial charge is 0.264 e. The molecule has 1 aromatic heterocycles. The second-order valence-corrected chi connectivity index (χ2v) is 6.97. The van der Waals surface area contributed by atoms with Crippen LogP contribution >= 0.6 is 27.3 Å². The molecule has 0 radical (unpaired) electrons. The van der Waals surface area contributed by atoms with Gasteiger partial charge in [0.25, 0.3) is 5.91 Å². The molecule has 0 unspecified atom stereocenters. The first-order chi connectivity index (χ1) is 11.6. The van der Waals surface area contributed by atoms with Crippen molar-refractivity contribution >= 4 is 44.4 Å². The van der Waals surface area contributed by atoms with E-state index in [2.05, 4.69) is 26.2 Å². The van der Waals surface area contributed by atoms with Gasteiger partial charge in [0, 0.05) is 10.9 Å². The Kier molecular flexibility index (Phi) is 5.23. The van der Waals surface area contributed by atoms with E-state index in [1.165, 1.54) is 16.9 Å². The van der Waals surface area contributed by atoms with E-state index in [0.29, 0.717) is 9.61 Å². The van der Waals surface area contributed by atoms with Crippen molar-refractivity contribution in [1.29, 1.82) is 0 Å². The van der Waals surface area contributed by atoms with E-state index in [1.807, 2.05) is 66.9 Å². The fourth-order valence-electron chi connectivity index (χ4n) is 2.11. The van der Waals surface area contributed by atoms with E-state index >= 15 is 0 Å². The van der Waals surface area contributed by atoms with Crippen LogP contribution in [0.4, 0.5) is 5.13 Å². The van der Waals surface area contributed by atoms with Gasteiger partial charge in [-0.2, -0.15) is 0 Å². The van der Waals surface area contributed by atoms with Crippen LogP contribution in [0.25, 0.3) is 17.3 Å². The van der Waals surface area contributed by atoms with Crippen molar-refractivity contribution in [1.82, 2.24) is 4.98 Å². The Balaban J connectivity index is 1.71. The number of aryl methyl sites for hydroxylation is 1.